The Bertz CT molecular complexity index is 581. The number of carboxylic acids is 1. The lowest BCUT2D eigenvalue weighted by atomic mass is 9.81. The Labute approximate surface area is 128 Å². The molecule has 0 radical (unpaired) electrons. The molecule has 2 fully saturated rings. The molecule has 0 spiro atoms. The molecule has 22 heavy (non-hydrogen) atoms. The van der Waals surface area contributed by atoms with E-state index in [1.54, 1.807) is 6.07 Å². The highest BCUT2D eigenvalue weighted by atomic mass is 19.1. The van der Waals surface area contributed by atoms with Gasteiger partial charge in [0.05, 0.1) is 5.92 Å². The average molecular weight is 305 g/mol. The topological polar surface area (TPSA) is 66.4 Å². The minimum Gasteiger partial charge on any atom is -0.481 e. The second-order valence-electron chi connectivity index (χ2n) is 6.40. The molecule has 1 aromatic carbocycles. The summed E-state index contributed by atoms with van der Waals surface area (Å²) in [6.45, 7) is 0. The number of amides is 1. The van der Waals surface area contributed by atoms with Crippen LogP contribution < -0.4 is 5.32 Å². The van der Waals surface area contributed by atoms with Crippen LogP contribution in [0, 0.1) is 17.7 Å². The fourth-order valence-electron chi connectivity index (χ4n) is 3.36. The summed E-state index contributed by atoms with van der Waals surface area (Å²) < 4.78 is 13.2. The van der Waals surface area contributed by atoms with Gasteiger partial charge in [0.15, 0.2) is 0 Å². The highest BCUT2D eigenvalue weighted by molar-refractivity contribution is 5.80. The van der Waals surface area contributed by atoms with Crippen LogP contribution in [0.3, 0.4) is 0 Å². The summed E-state index contributed by atoms with van der Waals surface area (Å²) in [5, 5.41) is 12.0. The number of hydrogen-bond donors (Lipinski definition) is 2. The molecule has 2 atom stereocenters. The van der Waals surface area contributed by atoms with E-state index in [0.717, 1.165) is 12.0 Å². The number of benzene rings is 1. The van der Waals surface area contributed by atoms with Gasteiger partial charge in [0.2, 0.25) is 5.91 Å². The van der Waals surface area contributed by atoms with Gasteiger partial charge in [-0.2, -0.15) is 0 Å². The number of halogens is 1. The largest absolute Gasteiger partial charge is 0.481 e. The lowest BCUT2D eigenvalue weighted by molar-refractivity contribution is -0.144. The van der Waals surface area contributed by atoms with Gasteiger partial charge in [-0.05, 0) is 49.8 Å². The highest BCUT2D eigenvalue weighted by Gasteiger charge is 2.41. The lowest BCUT2D eigenvalue weighted by Gasteiger charge is -2.25. The van der Waals surface area contributed by atoms with Crippen molar-refractivity contribution < 1.29 is 19.1 Å². The molecule has 2 aliphatic carbocycles. The summed E-state index contributed by atoms with van der Waals surface area (Å²) in [5.74, 6) is -1.16. The van der Waals surface area contributed by atoms with Crippen molar-refractivity contribution in [3.05, 3.63) is 35.6 Å². The second kappa shape index (κ2) is 6.07. The zero-order valence-corrected chi connectivity index (χ0v) is 12.3. The molecular weight excluding hydrogens is 285 g/mol. The first-order valence-corrected chi connectivity index (χ1v) is 7.83. The first-order chi connectivity index (χ1) is 10.5. The summed E-state index contributed by atoms with van der Waals surface area (Å²) in [5.41, 5.74) is 0.930. The molecule has 0 aliphatic heterocycles. The molecule has 0 heterocycles. The van der Waals surface area contributed by atoms with Gasteiger partial charge in [-0.25, -0.2) is 4.39 Å². The summed E-state index contributed by atoms with van der Waals surface area (Å²) in [6, 6.07) is 6.61. The molecule has 2 aliphatic rings. The Morgan fingerprint density at radius 2 is 1.82 bits per heavy atom. The highest BCUT2D eigenvalue weighted by Crippen LogP contribution is 2.41. The first kappa shape index (κ1) is 15.0. The molecule has 0 bridgehead atoms. The van der Waals surface area contributed by atoms with Crippen LogP contribution in [0.5, 0.6) is 0 Å². The Hall–Kier alpha value is -1.91. The molecule has 0 aromatic heterocycles. The Balaban J connectivity index is 1.49. The normalized spacial score (nSPS) is 30.6. The fraction of sp³-hybridized carbons (Fsp3) is 0.529. The summed E-state index contributed by atoms with van der Waals surface area (Å²) in [4.78, 5) is 23.2. The van der Waals surface area contributed by atoms with Crippen molar-refractivity contribution in [3.8, 4) is 0 Å². The van der Waals surface area contributed by atoms with E-state index >= 15 is 0 Å². The maximum absolute atomic E-state index is 13.2. The minimum absolute atomic E-state index is 0.0211. The predicted molar refractivity (Wildman–Crippen MR) is 78.8 cm³/mol. The van der Waals surface area contributed by atoms with Gasteiger partial charge < -0.3 is 10.4 Å². The third kappa shape index (κ3) is 3.29. The van der Waals surface area contributed by atoms with E-state index in [4.69, 9.17) is 5.11 Å². The van der Waals surface area contributed by atoms with Crippen LogP contribution in [0.25, 0.3) is 0 Å². The van der Waals surface area contributed by atoms with E-state index < -0.39 is 5.97 Å². The third-order valence-electron chi connectivity index (χ3n) is 4.84. The zero-order chi connectivity index (χ0) is 15.7. The van der Waals surface area contributed by atoms with Crippen LogP contribution in [-0.4, -0.2) is 23.0 Å². The second-order valence-corrected chi connectivity index (χ2v) is 6.40. The van der Waals surface area contributed by atoms with E-state index in [9.17, 15) is 14.0 Å². The van der Waals surface area contributed by atoms with Crippen LogP contribution in [0.15, 0.2) is 24.3 Å². The van der Waals surface area contributed by atoms with Crippen molar-refractivity contribution in [1.82, 2.24) is 5.32 Å². The van der Waals surface area contributed by atoms with Gasteiger partial charge >= 0.3 is 5.97 Å². The van der Waals surface area contributed by atoms with Crippen molar-refractivity contribution in [2.24, 2.45) is 11.8 Å². The molecule has 3 rings (SSSR count). The molecule has 118 valence electrons. The summed E-state index contributed by atoms with van der Waals surface area (Å²) in [7, 11) is 0. The molecule has 4 nitrogen and oxygen atoms in total. The molecule has 5 heteroatoms. The van der Waals surface area contributed by atoms with Gasteiger partial charge in [0, 0.05) is 17.9 Å². The maximum Gasteiger partial charge on any atom is 0.306 e. The van der Waals surface area contributed by atoms with E-state index in [-0.39, 0.29) is 35.5 Å². The standard InChI is InChI=1S/C17H20FNO3/c18-13-3-1-2-12(8-13)14-9-15(14)19-16(20)10-4-6-11(7-5-10)17(21)22/h1-3,8,10-11,14-15H,4-7,9H2,(H,19,20)(H,21,22). The first-order valence-electron chi connectivity index (χ1n) is 7.83. The van der Waals surface area contributed by atoms with Crippen LogP contribution in [0.1, 0.15) is 43.6 Å². The Kier molecular flexibility index (Phi) is 4.14. The number of aliphatic carboxylic acids is 1. The van der Waals surface area contributed by atoms with Gasteiger partial charge in [0.1, 0.15) is 5.82 Å². The molecule has 2 N–H and O–H groups in total. The van der Waals surface area contributed by atoms with Crippen LogP contribution >= 0.6 is 0 Å². The number of carbonyl (C=O) groups excluding carboxylic acids is 1. The molecule has 2 unspecified atom stereocenters. The van der Waals surface area contributed by atoms with E-state index in [2.05, 4.69) is 5.32 Å². The van der Waals surface area contributed by atoms with Gasteiger partial charge in [0.25, 0.3) is 0 Å². The zero-order valence-electron chi connectivity index (χ0n) is 12.3. The SMILES string of the molecule is O=C(O)C1CCC(C(=O)NC2CC2c2cccc(F)c2)CC1. The van der Waals surface area contributed by atoms with Crippen molar-refractivity contribution >= 4 is 11.9 Å². The van der Waals surface area contributed by atoms with Crippen LogP contribution in [-0.2, 0) is 9.59 Å². The molecule has 2 saturated carbocycles. The van der Waals surface area contributed by atoms with Gasteiger partial charge in [-0.15, -0.1) is 0 Å². The van der Waals surface area contributed by atoms with Crippen molar-refractivity contribution in [2.45, 2.75) is 44.1 Å². The smallest absolute Gasteiger partial charge is 0.306 e. The summed E-state index contributed by atoms with van der Waals surface area (Å²) in [6.07, 6.45) is 3.27. The number of carboxylic acid groups (broad SMARTS) is 1. The van der Waals surface area contributed by atoms with Gasteiger partial charge in [-0.3, -0.25) is 9.59 Å². The lowest BCUT2D eigenvalue weighted by Crippen LogP contribution is -2.36. The van der Waals surface area contributed by atoms with E-state index in [1.807, 2.05) is 6.07 Å². The number of rotatable bonds is 4. The minimum atomic E-state index is -0.757. The Morgan fingerprint density at radius 1 is 1.14 bits per heavy atom. The molecule has 0 saturated heterocycles. The average Bonchev–Trinajstić information content (AvgIpc) is 3.26. The molecule has 1 amide bonds. The quantitative estimate of drug-likeness (QED) is 0.899. The fourth-order valence-corrected chi connectivity index (χ4v) is 3.36. The van der Waals surface area contributed by atoms with Crippen molar-refractivity contribution in [2.75, 3.05) is 0 Å². The van der Waals surface area contributed by atoms with Crippen molar-refractivity contribution in [1.29, 1.82) is 0 Å². The number of carbonyl (C=O) groups is 2. The Morgan fingerprint density at radius 3 is 2.45 bits per heavy atom. The third-order valence-corrected chi connectivity index (χ3v) is 4.84. The van der Waals surface area contributed by atoms with Crippen molar-refractivity contribution in [3.63, 3.8) is 0 Å². The monoisotopic (exact) mass is 305 g/mol. The van der Waals surface area contributed by atoms with Gasteiger partial charge in [-0.1, -0.05) is 12.1 Å². The number of nitrogens with one attached hydrogen (secondary N) is 1. The maximum atomic E-state index is 13.2. The van der Waals surface area contributed by atoms with E-state index in [0.29, 0.717) is 25.7 Å². The molecule has 1 aromatic rings. The number of hydrogen-bond acceptors (Lipinski definition) is 2. The van der Waals surface area contributed by atoms with Crippen LogP contribution in [0.4, 0.5) is 4.39 Å². The predicted octanol–water partition coefficient (Wildman–Crippen LogP) is 2.69. The molecular formula is C17H20FNO3. The van der Waals surface area contributed by atoms with Crippen LogP contribution in [0.2, 0.25) is 0 Å². The van der Waals surface area contributed by atoms with E-state index in [1.165, 1.54) is 12.1 Å². The summed E-state index contributed by atoms with van der Waals surface area (Å²) >= 11 is 0.